The van der Waals surface area contributed by atoms with Crippen LogP contribution in [0.5, 0.6) is 5.75 Å². The molecule has 0 aliphatic carbocycles. The number of ether oxygens (including phenoxy) is 1. The third kappa shape index (κ3) is 3.20. The molecule has 0 fully saturated rings. The second-order valence-corrected chi connectivity index (χ2v) is 5.41. The van der Waals surface area contributed by atoms with Crippen molar-refractivity contribution >= 4 is 17.1 Å². The molecule has 0 amide bonds. The van der Waals surface area contributed by atoms with E-state index in [1.54, 1.807) is 0 Å². The first kappa shape index (κ1) is 12.8. The van der Waals surface area contributed by atoms with Gasteiger partial charge in [-0.3, -0.25) is 4.79 Å². The molecule has 94 valence electrons. The first-order valence-electron chi connectivity index (χ1n) is 6.00. The van der Waals surface area contributed by atoms with Crippen molar-refractivity contribution in [3.63, 3.8) is 0 Å². The van der Waals surface area contributed by atoms with Crippen LogP contribution < -0.4 is 4.74 Å². The van der Waals surface area contributed by atoms with Crippen LogP contribution in [-0.4, -0.2) is 12.4 Å². The quantitative estimate of drug-likeness (QED) is 0.763. The number of carbonyl (C=O) groups is 1. The van der Waals surface area contributed by atoms with Crippen LogP contribution in [0.3, 0.4) is 0 Å². The second-order valence-electron chi connectivity index (χ2n) is 4.12. The lowest BCUT2D eigenvalue weighted by atomic mass is 10.2. The molecule has 0 radical (unpaired) electrons. The van der Waals surface area contributed by atoms with E-state index < -0.39 is 0 Å². The summed E-state index contributed by atoms with van der Waals surface area (Å²) in [5, 5.41) is 0. The zero-order valence-corrected chi connectivity index (χ0v) is 11.4. The van der Waals surface area contributed by atoms with Gasteiger partial charge in [0.2, 0.25) is 5.78 Å². The van der Waals surface area contributed by atoms with E-state index in [0.29, 0.717) is 0 Å². The molecule has 2 rings (SSSR count). The van der Waals surface area contributed by atoms with Gasteiger partial charge in [0.15, 0.2) is 6.61 Å². The molecule has 1 aromatic heterocycles. The topological polar surface area (TPSA) is 26.3 Å². The van der Waals surface area contributed by atoms with Crippen LogP contribution >= 0.6 is 11.3 Å². The second kappa shape index (κ2) is 5.83. The monoisotopic (exact) mass is 260 g/mol. The van der Waals surface area contributed by atoms with E-state index in [-0.39, 0.29) is 12.4 Å². The van der Waals surface area contributed by atoms with E-state index in [4.69, 9.17) is 4.74 Å². The van der Waals surface area contributed by atoms with Gasteiger partial charge in [0.05, 0.1) is 4.88 Å². The fourth-order valence-corrected chi connectivity index (χ4v) is 2.45. The third-order valence-corrected chi connectivity index (χ3v) is 3.73. The van der Waals surface area contributed by atoms with Crippen molar-refractivity contribution in [2.24, 2.45) is 0 Å². The highest BCUT2D eigenvalue weighted by Crippen LogP contribution is 2.17. The molecule has 1 aromatic carbocycles. The Morgan fingerprint density at radius 2 is 2.11 bits per heavy atom. The normalized spacial score (nSPS) is 10.3. The van der Waals surface area contributed by atoms with Crippen LogP contribution in [-0.2, 0) is 6.42 Å². The van der Waals surface area contributed by atoms with Gasteiger partial charge in [-0.05, 0) is 43.2 Å². The smallest absolute Gasteiger partial charge is 0.210 e. The molecule has 0 saturated heterocycles. The van der Waals surface area contributed by atoms with E-state index in [2.05, 4.69) is 13.0 Å². The number of Topliss-reactive ketones (excluding diaryl/α,β-unsaturated/α-hetero) is 1. The van der Waals surface area contributed by atoms with Crippen LogP contribution in [0.4, 0.5) is 0 Å². The molecule has 0 N–H and O–H groups in total. The predicted octanol–water partition coefficient (Wildman–Crippen LogP) is 3.88. The van der Waals surface area contributed by atoms with Crippen molar-refractivity contribution in [3.05, 3.63) is 51.7 Å². The zero-order chi connectivity index (χ0) is 13.0. The van der Waals surface area contributed by atoms with E-state index in [9.17, 15) is 4.79 Å². The molecule has 0 bridgehead atoms. The molecule has 2 nitrogen and oxygen atoms in total. The molecule has 2 aromatic rings. The first-order valence-corrected chi connectivity index (χ1v) is 6.82. The SMILES string of the molecule is CCc1cccc(OCC(=O)c2ccc(C)s2)c1. The number of rotatable bonds is 5. The van der Waals surface area contributed by atoms with E-state index in [0.717, 1.165) is 21.9 Å². The predicted molar refractivity (Wildman–Crippen MR) is 74.7 cm³/mol. The Bertz CT molecular complexity index is 543. The molecule has 0 unspecified atom stereocenters. The minimum atomic E-state index is 0.0370. The molecule has 0 saturated carbocycles. The number of benzene rings is 1. The number of aryl methyl sites for hydroxylation is 2. The molecule has 18 heavy (non-hydrogen) atoms. The fourth-order valence-electron chi connectivity index (χ4n) is 1.66. The third-order valence-electron chi connectivity index (χ3n) is 2.69. The molecular formula is C15H16O2S. The molecule has 1 heterocycles. The molecular weight excluding hydrogens is 244 g/mol. The maximum Gasteiger partial charge on any atom is 0.210 e. The summed E-state index contributed by atoms with van der Waals surface area (Å²) in [6.07, 6.45) is 0.968. The van der Waals surface area contributed by atoms with Crippen molar-refractivity contribution in [3.8, 4) is 5.75 Å². The van der Waals surface area contributed by atoms with Gasteiger partial charge >= 0.3 is 0 Å². The van der Waals surface area contributed by atoms with Gasteiger partial charge in [-0.25, -0.2) is 0 Å². The number of thiophene rings is 1. The summed E-state index contributed by atoms with van der Waals surface area (Å²) >= 11 is 1.51. The van der Waals surface area contributed by atoms with Crippen molar-refractivity contribution < 1.29 is 9.53 Å². The van der Waals surface area contributed by atoms with Crippen molar-refractivity contribution in [1.29, 1.82) is 0 Å². The molecule has 0 atom stereocenters. The maximum atomic E-state index is 11.9. The lowest BCUT2D eigenvalue weighted by Crippen LogP contribution is -2.10. The van der Waals surface area contributed by atoms with E-state index in [1.807, 2.05) is 37.3 Å². The van der Waals surface area contributed by atoms with Gasteiger partial charge in [0.1, 0.15) is 5.75 Å². The lowest BCUT2D eigenvalue weighted by molar-refractivity contribution is 0.0925. The van der Waals surface area contributed by atoms with Crippen LogP contribution in [0.15, 0.2) is 36.4 Å². The van der Waals surface area contributed by atoms with Gasteiger partial charge < -0.3 is 4.74 Å². The highest BCUT2D eigenvalue weighted by Gasteiger charge is 2.09. The molecule has 0 aliphatic heterocycles. The van der Waals surface area contributed by atoms with Crippen molar-refractivity contribution in [2.45, 2.75) is 20.3 Å². The van der Waals surface area contributed by atoms with Gasteiger partial charge in [0.25, 0.3) is 0 Å². The lowest BCUT2D eigenvalue weighted by Gasteiger charge is -2.05. The van der Waals surface area contributed by atoms with Gasteiger partial charge in [-0.2, -0.15) is 0 Å². The van der Waals surface area contributed by atoms with Gasteiger partial charge in [-0.15, -0.1) is 11.3 Å². The van der Waals surface area contributed by atoms with Gasteiger partial charge in [0, 0.05) is 4.88 Å². The summed E-state index contributed by atoms with van der Waals surface area (Å²) in [5.74, 6) is 0.797. The number of ketones is 1. The van der Waals surface area contributed by atoms with E-state index in [1.165, 1.54) is 16.9 Å². The summed E-state index contributed by atoms with van der Waals surface area (Å²) in [4.78, 5) is 13.8. The summed E-state index contributed by atoms with van der Waals surface area (Å²) in [6, 6.07) is 11.7. The summed E-state index contributed by atoms with van der Waals surface area (Å²) in [6.45, 7) is 4.19. The van der Waals surface area contributed by atoms with E-state index >= 15 is 0 Å². The van der Waals surface area contributed by atoms with Crippen LogP contribution in [0, 0.1) is 6.92 Å². The summed E-state index contributed by atoms with van der Waals surface area (Å²) < 4.78 is 5.53. The minimum Gasteiger partial charge on any atom is -0.485 e. The Labute approximate surface area is 111 Å². The standard InChI is InChI=1S/C15H16O2S/c1-3-12-5-4-6-13(9-12)17-10-14(16)15-8-7-11(2)18-15/h4-9H,3,10H2,1-2H3. The Hall–Kier alpha value is -1.61. The fraction of sp³-hybridized carbons (Fsp3) is 0.267. The Kier molecular flexibility index (Phi) is 4.15. The van der Waals surface area contributed by atoms with Crippen LogP contribution in [0.2, 0.25) is 0 Å². The number of hydrogen-bond donors (Lipinski definition) is 0. The average molecular weight is 260 g/mol. The molecule has 0 aliphatic rings. The summed E-state index contributed by atoms with van der Waals surface area (Å²) in [7, 11) is 0. The van der Waals surface area contributed by atoms with Crippen molar-refractivity contribution in [1.82, 2.24) is 0 Å². The number of carbonyl (C=O) groups excluding carboxylic acids is 1. The molecule has 0 spiro atoms. The zero-order valence-electron chi connectivity index (χ0n) is 10.6. The van der Waals surface area contributed by atoms with Crippen LogP contribution in [0.25, 0.3) is 0 Å². The Balaban J connectivity index is 1.97. The highest BCUT2D eigenvalue weighted by atomic mass is 32.1. The Morgan fingerprint density at radius 3 is 2.78 bits per heavy atom. The van der Waals surface area contributed by atoms with Crippen LogP contribution in [0.1, 0.15) is 27.0 Å². The molecule has 3 heteroatoms. The largest absolute Gasteiger partial charge is 0.485 e. The van der Waals surface area contributed by atoms with Gasteiger partial charge in [-0.1, -0.05) is 19.1 Å². The Morgan fingerprint density at radius 1 is 1.28 bits per heavy atom. The first-order chi connectivity index (χ1) is 8.69. The minimum absolute atomic E-state index is 0.0370. The number of hydrogen-bond acceptors (Lipinski definition) is 3. The summed E-state index contributed by atoms with van der Waals surface area (Å²) in [5.41, 5.74) is 1.21. The average Bonchev–Trinajstić information content (AvgIpc) is 2.83. The maximum absolute atomic E-state index is 11.9. The van der Waals surface area contributed by atoms with Crippen molar-refractivity contribution in [2.75, 3.05) is 6.61 Å². The highest BCUT2D eigenvalue weighted by molar-refractivity contribution is 7.14.